The lowest BCUT2D eigenvalue weighted by Gasteiger charge is -2.15. The summed E-state index contributed by atoms with van der Waals surface area (Å²) in [4.78, 5) is 12.0. The van der Waals surface area contributed by atoms with Crippen molar-refractivity contribution >= 4 is 5.97 Å². The fourth-order valence-electron chi connectivity index (χ4n) is 2.47. The number of carbonyl (C=O) groups is 1. The lowest BCUT2D eigenvalue weighted by molar-refractivity contribution is 0.0453. The first-order valence-electron chi connectivity index (χ1n) is 6.47. The van der Waals surface area contributed by atoms with E-state index in [1.807, 2.05) is 0 Å². The fourth-order valence-corrected chi connectivity index (χ4v) is 2.47. The second-order valence-corrected chi connectivity index (χ2v) is 4.75. The van der Waals surface area contributed by atoms with Crippen LogP contribution >= 0.6 is 0 Å². The summed E-state index contributed by atoms with van der Waals surface area (Å²) in [5.41, 5.74) is 1.08. The van der Waals surface area contributed by atoms with Crippen LogP contribution in [0.1, 0.15) is 27.6 Å². The third-order valence-corrected chi connectivity index (χ3v) is 3.52. The van der Waals surface area contributed by atoms with Crippen molar-refractivity contribution in [1.29, 1.82) is 0 Å². The smallest absolute Gasteiger partial charge is 0.339 e. The van der Waals surface area contributed by atoms with Crippen molar-refractivity contribution in [3.63, 3.8) is 0 Å². The van der Waals surface area contributed by atoms with Gasteiger partial charge in [0, 0.05) is 11.6 Å². The molecule has 0 amide bonds. The molecule has 1 atom stereocenters. The van der Waals surface area contributed by atoms with Gasteiger partial charge in [0.2, 0.25) is 0 Å². The van der Waals surface area contributed by atoms with Gasteiger partial charge in [-0.2, -0.15) is 0 Å². The largest absolute Gasteiger partial charge is 0.497 e. The van der Waals surface area contributed by atoms with Gasteiger partial charge in [0.15, 0.2) is 17.7 Å². The standard InChI is InChI=1S/C16H12F2O4/c1-20-9-6-10-14(13(7-9)21-2)15(22-16(10)19)8-3-4-11(17)12(18)5-8/h3-7,15H,1-2H3/t15-/m0/s1. The lowest BCUT2D eigenvalue weighted by atomic mass is 9.97. The SMILES string of the molecule is COc1cc(OC)c2c(c1)C(=O)O[C@H]2c1ccc(F)c(F)c1. The van der Waals surface area contributed by atoms with Crippen molar-refractivity contribution in [3.05, 3.63) is 58.7 Å². The Bertz CT molecular complexity index is 758. The van der Waals surface area contributed by atoms with E-state index in [2.05, 4.69) is 0 Å². The number of rotatable bonds is 3. The molecule has 0 spiro atoms. The topological polar surface area (TPSA) is 44.8 Å². The zero-order valence-corrected chi connectivity index (χ0v) is 11.9. The highest BCUT2D eigenvalue weighted by atomic mass is 19.2. The molecule has 0 radical (unpaired) electrons. The zero-order valence-electron chi connectivity index (χ0n) is 11.9. The first kappa shape index (κ1) is 14.3. The summed E-state index contributed by atoms with van der Waals surface area (Å²) in [6.07, 6.45) is -0.849. The van der Waals surface area contributed by atoms with Crippen LogP contribution in [0.3, 0.4) is 0 Å². The van der Waals surface area contributed by atoms with Gasteiger partial charge in [-0.05, 0) is 18.2 Å². The van der Waals surface area contributed by atoms with E-state index in [0.29, 0.717) is 22.6 Å². The van der Waals surface area contributed by atoms with Crippen LogP contribution in [0.2, 0.25) is 0 Å². The highest BCUT2D eigenvalue weighted by Crippen LogP contribution is 2.43. The second-order valence-electron chi connectivity index (χ2n) is 4.75. The predicted molar refractivity (Wildman–Crippen MR) is 73.2 cm³/mol. The quantitative estimate of drug-likeness (QED) is 0.817. The summed E-state index contributed by atoms with van der Waals surface area (Å²) in [5.74, 6) is -1.71. The number of hydrogen-bond donors (Lipinski definition) is 0. The molecule has 2 aromatic rings. The molecule has 114 valence electrons. The average molecular weight is 306 g/mol. The van der Waals surface area contributed by atoms with Crippen molar-refractivity contribution in [2.24, 2.45) is 0 Å². The molecule has 0 saturated heterocycles. The van der Waals surface area contributed by atoms with Crippen LogP contribution in [0, 0.1) is 11.6 Å². The Morgan fingerprint density at radius 3 is 2.45 bits per heavy atom. The van der Waals surface area contributed by atoms with Crippen LogP contribution in [-0.4, -0.2) is 20.2 Å². The minimum Gasteiger partial charge on any atom is -0.497 e. The molecule has 1 aliphatic heterocycles. The van der Waals surface area contributed by atoms with E-state index in [1.54, 1.807) is 6.07 Å². The van der Waals surface area contributed by atoms with E-state index in [1.165, 1.54) is 26.4 Å². The molecule has 3 rings (SSSR count). The highest BCUT2D eigenvalue weighted by molar-refractivity contribution is 5.96. The minimum atomic E-state index is -1.01. The predicted octanol–water partition coefficient (Wildman–Crippen LogP) is 3.24. The zero-order chi connectivity index (χ0) is 15.9. The van der Waals surface area contributed by atoms with Gasteiger partial charge < -0.3 is 14.2 Å². The molecule has 0 bridgehead atoms. The van der Waals surface area contributed by atoms with Gasteiger partial charge in [-0.1, -0.05) is 6.07 Å². The molecular weight excluding hydrogens is 294 g/mol. The minimum absolute atomic E-state index is 0.283. The number of hydrogen-bond acceptors (Lipinski definition) is 4. The van der Waals surface area contributed by atoms with E-state index in [9.17, 15) is 13.6 Å². The van der Waals surface area contributed by atoms with Gasteiger partial charge in [-0.15, -0.1) is 0 Å². The van der Waals surface area contributed by atoms with Gasteiger partial charge >= 0.3 is 5.97 Å². The molecule has 2 aromatic carbocycles. The Hall–Kier alpha value is -2.63. The number of carbonyl (C=O) groups excluding carboxylic acids is 1. The Balaban J connectivity index is 2.16. The molecule has 1 heterocycles. The summed E-state index contributed by atoms with van der Waals surface area (Å²) in [5, 5.41) is 0. The third kappa shape index (κ3) is 2.16. The lowest BCUT2D eigenvalue weighted by Crippen LogP contribution is -2.03. The molecule has 6 heteroatoms. The van der Waals surface area contributed by atoms with Crippen LogP contribution in [-0.2, 0) is 4.74 Å². The summed E-state index contributed by atoms with van der Waals surface area (Å²) in [7, 11) is 2.91. The van der Waals surface area contributed by atoms with Crippen molar-refractivity contribution < 1.29 is 27.8 Å². The number of esters is 1. The number of benzene rings is 2. The number of ether oxygens (including phenoxy) is 3. The van der Waals surface area contributed by atoms with Crippen LogP contribution in [0.5, 0.6) is 11.5 Å². The molecule has 1 aliphatic rings. The van der Waals surface area contributed by atoms with Gasteiger partial charge in [0.1, 0.15) is 11.5 Å². The summed E-state index contributed by atoms with van der Waals surface area (Å²) < 4.78 is 42.2. The normalized spacial score (nSPS) is 16.2. The van der Waals surface area contributed by atoms with Crippen molar-refractivity contribution in [3.8, 4) is 11.5 Å². The van der Waals surface area contributed by atoms with Gasteiger partial charge in [-0.3, -0.25) is 0 Å². The Labute approximate surface area is 125 Å². The fraction of sp³-hybridized carbons (Fsp3) is 0.188. The molecule has 0 fully saturated rings. The molecule has 0 aliphatic carbocycles. The van der Waals surface area contributed by atoms with Crippen LogP contribution in [0.4, 0.5) is 8.78 Å². The van der Waals surface area contributed by atoms with Crippen molar-refractivity contribution in [1.82, 2.24) is 0 Å². The van der Waals surface area contributed by atoms with E-state index < -0.39 is 23.7 Å². The van der Waals surface area contributed by atoms with E-state index in [4.69, 9.17) is 14.2 Å². The summed E-state index contributed by atoms with van der Waals surface area (Å²) in [6, 6.07) is 6.50. The number of fused-ring (bicyclic) bond motifs is 1. The van der Waals surface area contributed by atoms with Crippen molar-refractivity contribution in [2.45, 2.75) is 6.10 Å². The van der Waals surface area contributed by atoms with E-state index >= 15 is 0 Å². The van der Waals surface area contributed by atoms with Crippen LogP contribution in [0.25, 0.3) is 0 Å². The van der Waals surface area contributed by atoms with Gasteiger partial charge in [0.25, 0.3) is 0 Å². The Morgan fingerprint density at radius 2 is 1.82 bits per heavy atom. The number of halogens is 2. The number of cyclic esters (lactones) is 1. The molecule has 0 unspecified atom stereocenters. The molecule has 0 N–H and O–H groups in total. The maximum atomic E-state index is 13.4. The maximum absolute atomic E-state index is 13.4. The molecule has 22 heavy (non-hydrogen) atoms. The number of methoxy groups -OCH3 is 2. The highest BCUT2D eigenvalue weighted by Gasteiger charge is 2.36. The molecule has 0 aromatic heterocycles. The molecular formula is C16H12F2O4. The molecule has 0 saturated carbocycles. The van der Waals surface area contributed by atoms with Crippen LogP contribution in [0.15, 0.2) is 30.3 Å². The van der Waals surface area contributed by atoms with E-state index in [-0.39, 0.29) is 5.56 Å². The van der Waals surface area contributed by atoms with E-state index in [0.717, 1.165) is 12.1 Å². The molecule has 4 nitrogen and oxygen atoms in total. The Morgan fingerprint density at radius 1 is 1.05 bits per heavy atom. The summed E-state index contributed by atoms with van der Waals surface area (Å²) in [6.45, 7) is 0. The van der Waals surface area contributed by atoms with Gasteiger partial charge in [-0.25, -0.2) is 13.6 Å². The van der Waals surface area contributed by atoms with Crippen LogP contribution < -0.4 is 9.47 Å². The third-order valence-electron chi connectivity index (χ3n) is 3.52. The maximum Gasteiger partial charge on any atom is 0.339 e. The van der Waals surface area contributed by atoms with Crippen molar-refractivity contribution in [2.75, 3.05) is 14.2 Å². The monoisotopic (exact) mass is 306 g/mol. The Kier molecular flexibility index (Phi) is 3.44. The second kappa shape index (κ2) is 5.29. The average Bonchev–Trinajstić information content (AvgIpc) is 2.86. The first-order valence-corrected chi connectivity index (χ1v) is 6.47. The first-order chi connectivity index (χ1) is 10.5. The summed E-state index contributed by atoms with van der Waals surface area (Å²) >= 11 is 0. The van der Waals surface area contributed by atoms with Gasteiger partial charge in [0.05, 0.1) is 25.3 Å².